The van der Waals surface area contributed by atoms with Crippen LogP contribution < -0.4 is 18.9 Å². The Bertz CT molecular complexity index is 1490. The molecule has 414 valence electrons. The van der Waals surface area contributed by atoms with Gasteiger partial charge in [-0.05, 0) is 61.1 Å². The third kappa shape index (κ3) is 37.5. The van der Waals surface area contributed by atoms with Gasteiger partial charge in [0, 0.05) is 25.2 Å². The molecular weight excluding hydrogens is 899 g/mol. The van der Waals surface area contributed by atoms with Gasteiger partial charge in [0.15, 0.2) is 0 Å². The predicted octanol–water partition coefficient (Wildman–Crippen LogP) is 20.8. The van der Waals surface area contributed by atoms with Crippen LogP contribution in [0, 0.1) is 22.7 Å². The van der Waals surface area contributed by atoms with Crippen molar-refractivity contribution < 1.29 is 18.9 Å². The molecule has 0 aliphatic rings. The van der Waals surface area contributed by atoms with Crippen LogP contribution in [0.4, 0.5) is 0 Å². The van der Waals surface area contributed by atoms with Gasteiger partial charge in [-0.1, -0.05) is 259 Å². The summed E-state index contributed by atoms with van der Waals surface area (Å²) in [5, 5.41) is 20.3. The van der Waals surface area contributed by atoms with Gasteiger partial charge >= 0.3 is 0 Å². The molecule has 73 heavy (non-hydrogen) atoms. The van der Waals surface area contributed by atoms with Crippen molar-refractivity contribution in [1.82, 2.24) is 4.90 Å². The number of benzene rings is 2. The minimum Gasteiger partial charge on any atom is -0.493 e. The molecule has 0 aromatic heterocycles. The van der Waals surface area contributed by atoms with Gasteiger partial charge in [-0.25, -0.2) is 0 Å². The van der Waals surface area contributed by atoms with Crippen molar-refractivity contribution in [1.29, 1.82) is 10.5 Å². The molecule has 0 aliphatic carbocycles. The van der Waals surface area contributed by atoms with E-state index in [2.05, 4.69) is 64.1 Å². The van der Waals surface area contributed by atoms with Crippen molar-refractivity contribution >= 4 is 0 Å². The van der Waals surface area contributed by atoms with E-state index in [-0.39, 0.29) is 0 Å². The fourth-order valence-electron chi connectivity index (χ4n) is 9.82. The summed E-state index contributed by atoms with van der Waals surface area (Å²) < 4.78 is 25.8. The summed E-state index contributed by atoms with van der Waals surface area (Å²) in [7, 11) is 0. The third-order valence-corrected chi connectivity index (χ3v) is 14.3. The van der Waals surface area contributed by atoms with Crippen molar-refractivity contribution in [2.24, 2.45) is 0 Å². The van der Waals surface area contributed by atoms with E-state index in [0.29, 0.717) is 45.2 Å². The Labute approximate surface area is 451 Å². The lowest BCUT2D eigenvalue weighted by atomic mass is 10.1. The third-order valence-electron chi connectivity index (χ3n) is 14.3. The van der Waals surface area contributed by atoms with Crippen molar-refractivity contribution in [2.45, 2.75) is 298 Å². The van der Waals surface area contributed by atoms with Gasteiger partial charge in [-0.2, -0.15) is 10.5 Å². The molecule has 0 radical (unpaired) electrons. The molecule has 0 N–H and O–H groups in total. The number of allylic oxidation sites excluding steroid dienone is 2. The van der Waals surface area contributed by atoms with Crippen molar-refractivity contribution in [2.75, 3.05) is 26.4 Å². The summed E-state index contributed by atoms with van der Waals surface area (Å²) in [6.07, 6.45) is 52.6. The van der Waals surface area contributed by atoms with Crippen LogP contribution in [0.5, 0.6) is 23.0 Å². The summed E-state index contributed by atoms with van der Waals surface area (Å²) in [6.45, 7) is 12.6. The van der Waals surface area contributed by atoms with Crippen molar-refractivity contribution in [3.8, 4) is 35.1 Å². The van der Waals surface area contributed by atoms with Crippen molar-refractivity contribution in [3.63, 3.8) is 0 Å². The first-order chi connectivity index (χ1) is 36.1. The molecule has 0 amide bonds. The monoisotopic (exact) mass is 1010 g/mol. The van der Waals surface area contributed by atoms with Crippen LogP contribution >= 0.6 is 0 Å². The number of hydrogen-bond donors (Lipinski definition) is 0. The first kappa shape index (κ1) is 65.3. The molecule has 0 aliphatic heterocycles. The van der Waals surface area contributed by atoms with Crippen LogP contribution in [0.1, 0.15) is 296 Å². The quantitative estimate of drug-likeness (QED) is 0.0482. The van der Waals surface area contributed by atoms with E-state index in [1.54, 1.807) is 0 Å². The van der Waals surface area contributed by atoms with Crippen LogP contribution in [-0.4, -0.2) is 31.3 Å². The summed E-state index contributed by atoms with van der Waals surface area (Å²) in [4.78, 5) is 1.99. The molecule has 7 nitrogen and oxygen atoms in total. The Morgan fingerprint density at radius 1 is 0.342 bits per heavy atom. The second-order valence-corrected chi connectivity index (χ2v) is 21.4. The standard InChI is InChI=1S/C66H111N3O4/c1-5-9-13-17-21-25-29-33-37-41-47-70-63-51-60(52-64(55-63)71-48-42-38-34-30-26-22-18-14-10-6-2)58-69(62(57-68)45-46-67)59-61-53-65(72-49-43-39-35-31-27-23-19-15-11-7-3)56-66(54-61)73-50-44-40-36-32-28-24-20-16-12-8-4/h45,51-56H,5-44,47-50,58-59H2,1-4H3/b62-45+. The van der Waals surface area contributed by atoms with E-state index in [1.807, 2.05) is 17.0 Å². The lowest BCUT2D eigenvalue weighted by Crippen LogP contribution is -2.22. The Kier molecular flexibility index (Phi) is 43.9. The molecule has 0 unspecified atom stereocenters. The topological polar surface area (TPSA) is 87.7 Å². The minimum absolute atomic E-state index is 0.316. The molecule has 7 heteroatoms. The Hall–Kier alpha value is -3.84. The van der Waals surface area contributed by atoms with Gasteiger partial charge in [-0.15, -0.1) is 0 Å². The Morgan fingerprint density at radius 3 is 0.767 bits per heavy atom. The maximum Gasteiger partial charge on any atom is 0.127 e. The second kappa shape index (κ2) is 49.1. The molecule has 0 fully saturated rings. The molecule has 2 aromatic carbocycles. The zero-order valence-electron chi connectivity index (χ0n) is 48.0. The van der Waals surface area contributed by atoms with Gasteiger partial charge in [0.05, 0.1) is 38.6 Å². The highest BCUT2D eigenvalue weighted by Gasteiger charge is 2.16. The molecule has 2 aromatic rings. The normalized spacial score (nSPS) is 11.4. The van der Waals surface area contributed by atoms with Crippen LogP contribution in [0.2, 0.25) is 0 Å². The zero-order chi connectivity index (χ0) is 52.3. The van der Waals surface area contributed by atoms with Crippen LogP contribution in [0.3, 0.4) is 0 Å². The average Bonchev–Trinajstić information content (AvgIpc) is 3.39. The highest BCUT2D eigenvalue weighted by molar-refractivity contribution is 5.41. The molecule has 0 atom stereocenters. The average molecular weight is 1010 g/mol. The summed E-state index contributed by atoms with van der Waals surface area (Å²) in [6, 6.07) is 16.9. The smallest absolute Gasteiger partial charge is 0.127 e. The Morgan fingerprint density at radius 2 is 0.562 bits per heavy atom. The molecule has 0 saturated heterocycles. The molecular formula is C66H111N3O4. The van der Waals surface area contributed by atoms with Gasteiger partial charge in [0.2, 0.25) is 0 Å². The largest absolute Gasteiger partial charge is 0.493 e. The fraction of sp³-hybridized carbons (Fsp3) is 0.758. The van der Waals surface area contributed by atoms with Crippen LogP contribution in [-0.2, 0) is 13.1 Å². The number of ether oxygens (including phenoxy) is 4. The highest BCUT2D eigenvalue weighted by atomic mass is 16.5. The molecule has 0 saturated carbocycles. The number of nitriles is 2. The van der Waals surface area contributed by atoms with E-state index in [1.165, 1.54) is 237 Å². The highest BCUT2D eigenvalue weighted by Crippen LogP contribution is 2.30. The first-order valence-electron chi connectivity index (χ1n) is 31.1. The summed E-state index contributed by atoms with van der Waals surface area (Å²) >= 11 is 0. The number of rotatable bonds is 53. The molecule has 0 spiro atoms. The SMILES string of the molecule is CCCCCCCCCCCCOc1cc(CN(Cc2cc(OCCCCCCCCCCCC)cc(OCCCCCCCCCCCC)c2)/C(C#N)=C/C#N)cc(OCCCCCCCCCCCC)c1. The van der Waals surface area contributed by atoms with Gasteiger partial charge in [0.25, 0.3) is 0 Å². The van der Waals surface area contributed by atoms with Crippen molar-refractivity contribution in [3.05, 3.63) is 59.3 Å². The number of nitrogens with zero attached hydrogens (tertiary/aromatic N) is 3. The van der Waals surface area contributed by atoms with Gasteiger partial charge < -0.3 is 23.8 Å². The van der Waals surface area contributed by atoms with Crippen LogP contribution in [0.25, 0.3) is 0 Å². The molecule has 0 bridgehead atoms. The summed E-state index contributed by atoms with van der Waals surface area (Å²) in [5.41, 5.74) is 2.27. The second-order valence-electron chi connectivity index (χ2n) is 21.4. The molecule has 0 heterocycles. The maximum absolute atomic E-state index is 10.5. The van der Waals surface area contributed by atoms with E-state index in [9.17, 15) is 10.5 Å². The minimum atomic E-state index is 0.316. The zero-order valence-corrected chi connectivity index (χ0v) is 48.0. The van der Waals surface area contributed by atoms with E-state index < -0.39 is 0 Å². The fourth-order valence-corrected chi connectivity index (χ4v) is 9.82. The lowest BCUT2D eigenvalue weighted by Gasteiger charge is -2.25. The number of unbranched alkanes of at least 4 members (excludes halogenated alkanes) is 36. The van der Waals surface area contributed by atoms with E-state index in [4.69, 9.17) is 18.9 Å². The summed E-state index contributed by atoms with van der Waals surface area (Å²) in [5.74, 6) is 3.16. The van der Waals surface area contributed by atoms with Gasteiger partial charge in [0.1, 0.15) is 34.8 Å². The molecule has 2 rings (SSSR count). The first-order valence-corrected chi connectivity index (χ1v) is 31.1. The predicted molar refractivity (Wildman–Crippen MR) is 311 cm³/mol. The lowest BCUT2D eigenvalue weighted by molar-refractivity contribution is 0.285. The van der Waals surface area contributed by atoms with Crippen LogP contribution in [0.15, 0.2) is 48.2 Å². The number of hydrogen-bond acceptors (Lipinski definition) is 7. The van der Waals surface area contributed by atoms with E-state index in [0.717, 1.165) is 59.8 Å². The van der Waals surface area contributed by atoms with E-state index >= 15 is 0 Å². The van der Waals surface area contributed by atoms with Gasteiger partial charge in [-0.3, -0.25) is 0 Å². The maximum atomic E-state index is 10.5. The Balaban J connectivity index is 2.20.